The highest BCUT2D eigenvalue weighted by Gasteiger charge is 2.35. The summed E-state index contributed by atoms with van der Waals surface area (Å²) in [5, 5.41) is 0. The maximum Gasteiger partial charge on any atom is 0.316 e. The van der Waals surface area contributed by atoms with Gasteiger partial charge >= 0.3 is 5.97 Å². The smallest absolute Gasteiger partial charge is 0.316 e. The van der Waals surface area contributed by atoms with Crippen molar-refractivity contribution in [2.24, 2.45) is 5.92 Å². The Morgan fingerprint density at radius 1 is 1.19 bits per heavy atom. The Kier molecular flexibility index (Phi) is 5.40. The van der Waals surface area contributed by atoms with Crippen LogP contribution >= 0.6 is 0 Å². The van der Waals surface area contributed by atoms with E-state index in [2.05, 4.69) is 13.8 Å². The summed E-state index contributed by atoms with van der Waals surface area (Å²) >= 11 is 0. The summed E-state index contributed by atoms with van der Waals surface area (Å²) in [5.74, 6) is 0.148. The van der Waals surface area contributed by atoms with E-state index in [-0.39, 0.29) is 24.2 Å². The first-order chi connectivity index (χ1) is 12.4. The van der Waals surface area contributed by atoms with Gasteiger partial charge in [0.25, 0.3) is 0 Å². The molecule has 1 amide bonds. The molecule has 1 heterocycles. The lowest BCUT2D eigenvalue weighted by Gasteiger charge is -2.17. The Bertz CT molecular complexity index is 798. The monoisotopic (exact) mass is 351 g/mol. The molecule has 1 fully saturated rings. The van der Waals surface area contributed by atoms with Crippen molar-refractivity contribution in [1.82, 2.24) is 4.90 Å². The molecule has 0 unspecified atom stereocenters. The lowest BCUT2D eigenvalue weighted by atomic mass is 10.0. The van der Waals surface area contributed by atoms with Crippen molar-refractivity contribution in [3.63, 3.8) is 0 Å². The third kappa shape index (κ3) is 4.13. The van der Waals surface area contributed by atoms with Gasteiger partial charge in [-0.15, -0.1) is 0 Å². The summed E-state index contributed by atoms with van der Waals surface area (Å²) in [6.07, 6.45) is 0.217. The fourth-order valence-corrected chi connectivity index (χ4v) is 3.29. The Balaban J connectivity index is 1.68. The second-order valence-corrected chi connectivity index (χ2v) is 7.28. The maximum absolute atomic E-state index is 12.6. The summed E-state index contributed by atoms with van der Waals surface area (Å²) in [5.41, 5.74) is 3.12. The van der Waals surface area contributed by atoms with Crippen LogP contribution in [0.3, 0.4) is 0 Å². The van der Waals surface area contributed by atoms with Crippen molar-refractivity contribution in [3.8, 4) is 5.75 Å². The average molecular weight is 351 g/mol. The molecule has 136 valence electrons. The minimum atomic E-state index is -0.410. The lowest BCUT2D eigenvalue weighted by molar-refractivity contribution is -0.139. The number of ether oxygens (including phenoxy) is 1. The molecule has 0 N–H and O–H groups in total. The van der Waals surface area contributed by atoms with Gasteiger partial charge in [0.2, 0.25) is 5.91 Å². The number of amides is 1. The first-order valence-electron chi connectivity index (χ1n) is 9.08. The SMILES string of the molecule is Cc1ccc(C(C)C)c(OC(=O)[C@@H]2CC(=O)N(Cc3ccccc3)C2)c1. The van der Waals surface area contributed by atoms with Crippen molar-refractivity contribution >= 4 is 11.9 Å². The molecule has 26 heavy (non-hydrogen) atoms. The molecule has 0 aromatic heterocycles. The molecule has 1 atom stereocenters. The van der Waals surface area contributed by atoms with Gasteiger partial charge in [-0.25, -0.2) is 0 Å². The molecular formula is C22H25NO3. The van der Waals surface area contributed by atoms with Gasteiger partial charge in [-0.05, 0) is 35.6 Å². The minimum absolute atomic E-state index is 0.00382. The van der Waals surface area contributed by atoms with Crippen LogP contribution in [0, 0.1) is 12.8 Å². The number of hydrogen-bond acceptors (Lipinski definition) is 3. The number of rotatable bonds is 5. The molecule has 2 aromatic rings. The summed E-state index contributed by atoms with van der Waals surface area (Å²) < 4.78 is 5.70. The van der Waals surface area contributed by atoms with E-state index in [1.165, 1.54) is 0 Å². The molecular weight excluding hydrogens is 326 g/mol. The minimum Gasteiger partial charge on any atom is -0.426 e. The molecule has 4 heteroatoms. The first kappa shape index (κ1) is 18.2. The van der Waals surface area contributed by atoms with Gasteiger partial charge in [0, 0.05) is 19.5 Å². The fourth-order valence-electron chi connectivity index (χ4n) is 3.29. The topological polar surface area (TPSA) is 46.6 Å². The van der Waals surface area contributed by atoms with Crippen LogP contribution in [-0.4, -0.2) is 23.3 Å². The molecule has 1 saturated heterocycles. The normalized spacial score (nSPS) is 17.0. The predicted octanol–water partition coefficient (Wildman–Crippen LogP) is 4.07. The van der Waals surface area contributed by atoms with E-state index in [1.54, 1.807) is 4.90 Å². The maximum atomic E-state index is 12.6. The van der Waals surface area contributed by atoms with E-state index >= 15 is 0 Å². The van der Waals surface area contributed by atoms with Gasteiger partial charge in [-0.2, -0.15) is 0 Å². The number of esters is 1. The summed E-state index contributed by atoms with van der Waals surface area (Å²) in [6, 6.07) is 15.7. The third-order valence-electron chi connectivity index (χ3n) is 4.77. The summed E-state index contributed by atoms with van der Waals surface area (Å²) in [7, 11) is 0. The molecule has 0 saturated carbocycles. The van der Waals surface area contributed by atoms with Crippen LogP contribution in [0.25, 0.3) is 0 Å². The molecule has 0 bridgehead atoms. The molecule has 3 rings (SSSR count). The number of hydrogen-bond donors (Lipinski definition) is 0. The number of benzene rings is 2. The van der Waals surface area contributed by atoms with E-state index in [4.69, 9.17) is 4.74 Å². The van der Waals surface area contributed by atoms with Gasteiger partial charge in [0.05, 0.1) is 5.92 Å². The van der Waals surface area contributed by atoms with Gasteiger partial charge < -0.3 is 9.64 Å². The average Bonchev–Trinajstić information content (AvgIpc) is 2.96. The van der Waals surface area contributed by atoms with Crippen LogP contribution < -0.4 is 4.74 Å². The molecule has 1 aliphatic heterocycles. The number of carbonyl (C=O) groups is 2. The van der Waals surface area contributed by atoms with Crippen molar-refractivity contribution in [2.75, 3.05) is 6.54 Å². The molecule has 0 spiro atoms. The van der Waals surface area contributed by atoms with Gasteiger partial charge in [0.15, 0.2) is 0 Å². The van der Waals surface area contributed by atoms with E-state index in [0.29, 0.717) is 18.8 Å². The number of nitrogens with zero attached hydrogens (tertiary/aromatic N) is 1. The van der Waals surface area contributed by atoms with Crippen molar-refractivity contribution in [1.29, 1.82) is 0 Å². The zero-order valence-electron chi connectivity index (χ0n) is 15.6. The Hall–Kier alpha value is -2.62. The lowest BCUT2D eigenvalue weighted by Crippen LogP contribution is -2.27. The third-order valence-corrected chi connectivity index (χ3v) is 4.77. The van der Waals surface area contributed by atoms with Gasteiger partial charge in [0.1, 0.15) is 5.75 Å². The van der Waals surface area contributed by atoms with Crippen LogP contribution in [-0.2, 0) is 16.1 Å². The number of carbonyl (C=O) groups excluding carboxylic acids is 2. The molecule has 0 aliphatic carbocycles. The standard InChI is InChI=1S/C22H25NO3/c1-15(2)19-10-9-16(3)11-20(19)26-22(25)18-12-21(24)23(14-18)13-17-7-5-4-6-8-17/h4-11,15,18H,12-14H2,1-3H3/t18-/m1/s1. The zero-order chi connectivity index (χ0) is 18.7. The first-order valence-corrected chi connectivity index (χ1v) is 9.08. The van der Waals surface area contributed by atoms with Crippen molar-refractivity contribution in [2.45, 2.75) is 39.7 Å². The van der Waals surface area contributed by atoms with Crippen LogP contribution in [0.5, 0.6) is 5.75 Å². The highest BCUT2D eigenvalue weighted by Crippen LogP contribution is 2.29. The van der Waals surface area contributed by atoms with Crippen LogP contribution in [0.2, 0.25) is 0 Å². The highest BCUT2D eigenvalue weighted by atomic mass is 16.5. The van der Waals surface area contributed by atoms with Crippen molar-refractivity contribution in [3.05, 3.63) is 65.2 Å². The summed E-state index contributed by atoms with van der Waals surface area (Å²) in [4.78, 5) is 26.7. The van der Waals surface area contributed by atoms with E-state index < -0.39 is 5.92 Å². The highest BCUT2D eigenvalue weighted by molar-refractivity contribution is 5.87. The van der Waals surface area contributed by atoms with Gasteiger partial charge in [-0.3, -0.25) is 9.59 Å². The quantitative estimate of drug-likeness (QED) is 0.602. The molecule has 4 nitrogen and oxygen atoms in total. The Labute approximate surface area is 154 Å². The van der Waals surface area contributed by atoms with E-state index in [1.807, 2.05) is 55.5 Å². The molecule has 0 radical (unpaired) electrons. The van der Waals surface area contributed by atoms with E-state index in [0.717, 1.165) is 16.7 Å². The Morgan fingerprint density at radius 2 is 1.92 bits per heavy atom. The molecule has 1 aliphatic rings. The zero-order valence-corrected chi connectivity index (χ0v) is 15.6. The van der Waals surface area contributed by atoms with Crippen LogP contribution in [0.1, 0.15) is 42.9 Å². The number of likely N-dealkylation sites (tertiary alicyclic amines) is 1. The van der Waals surface area contributed by atoms with Crippen LogP contribution in [0.15, 0.2) is 48.5 Å². The molecule has 2 aromatic carbocycles. The van der Waals surface area contributed by atoms with Gasteiger partial charge in [-0.1, -0.05) is 56.3 Å². The number of aryl methyl sites for hydroxylation is 1. The second-order valence-electron chi connectivity index (χ2n) is 7.28. The van der Waals surface area contributed by atoms with Crippen molar-refractivity contribution < 1.29 is 14.3 Å². The van der Waals surface area contributed by atoms with Crippen LogP contribution in [0.4, 0.5) is 0 Å². The fraction of sp³-hybridized carbons (Fsp3) is 0.364. The predicted molar refractivity (Wildman–Crippen MR) is 101 cm³/mol. The van der Waals surface area contributed by atoms with E-state index in [9.17, 15) is 9.59 Å². The Morgan fingerprint density at radius 3 is 2.62 bits per heavy atom. The largest absolute Gasteiger partial charge is 0.426 e. The summed E-state index contributed by atoms with van der Waals surface area (Å²) in [6.45, 7) is 7.06. The second kappa shape index (κ2) is 7.73.